The maximum atomic E-state index is 12.2. The number of nitrogens with zero attached hydrogens (tertiary/aromatic N) is 3. The number of carbonyl (C=O) groups excluding carboxylic acids is 1. The van der Waals surface area contributed by atoms with Crippen molar-refractivity contribution >= 4 is 23.2 Å². The number of carbonyl (C=O) groups is 1. The van der Waals surface area contributed by atoms with E-state index in [1.54, 1.807) is 30.2 Å². The van der Waals surface area contributed by atoms with Gasteiger partial charge in [0.15, 0.2) is 5.15 Å². The molecular formula is C13H15ClN4O. The van der Waals surface area contributed by atoms with Gasteiger partial charge in [-0.3, -0.25) is 9.48 Å². The summed E-state index contributed by atoms with van der Waals surface area (Å²) in [5, 5.41) is 7.29. The Morgan fingerprint density at radius 2 is 2.26 bits per heavy atom. The number of aryl methyl sites for hydroxylation is 3. The molecule has 0 aliphatic heterocycles. The summed E-state index contributed by atoms with van der Waals surface area (Å²) in [6.07, 6.45) is 4.05. The van der Waals surface area contributed by atoms with Gasteiger partial charge in [0.05, 0.1) is 16.9 Å². The van der Waals surface area contributed by atoms with E-state index in [0.717, 1.165) is 11.3 Å². The van der Waals surface area contributed by atoms with Crippen LogP contribution in [0.2, 0.25) is 5.15 Å². The molecule has 0 aliphatic carbocycles. The first-order valence-corrected chi connectivity index (χ1v) is 6.35. The predicted molar refractivity (Wildman–Crippen MR) is 74.5 cm³/mol. The Balaban J connectivity index is 2.27. The van der Waals surface area contributed by atoms with Gasteiger partial charge >= 0.3 is 0 Å². The van der Waals surface area contributed by atoms with Gasteiger partial charge in [0, 0.05) is 19.4 Å². The van der Waals surface area contributed by atoms with E-state index < -0.39 is 0 Å². The molecule has 0 fully saturated rings. The molecule has 0 aromatic carbocycles. The molecule has 0 spiro atoms. The molecule has 19 heavy (non-hydrogen) atoms. The number of aromatic nitrogens is 3. The molecular weight excluding hydrogens is 264 g/mol. The van der Waals surface area contributed by atoms with Crippen molar-refractivity contribution in [2.45, 2.75) is 20.3 Å². The summed E-state index contributed by atoms with van der Waals surface area (Å²) < 4.78 is 1.63. The lowest BCUT2D eigenvalue weighted by Gasteiger charge is -2.07. The van der Waals surface area contributed by atoms with Gasteiger partial charge < -0.3 is 5.32 Å². The molecule has 6 heteroatoms. The van der Waals surface area contributed by atoms with Gasteiger partial charge in [0.2, 0.25) is 0 Å². The Bertz CT molecular complexity index is 621. The lowest BCUT2D eigenvalue weighted by Crippen LogP contribution is -2.13. The number of hydrogen-bond donors (Lipinski definition) is 1. The fourth-order valence-electron chi connectivity index (χ4n) is 1.82. The van der Waals surface area contributed by atoms with Crippen LogP contribution >= 0.6 is 11.6 Å². The zero-order valence-electron chi connectivity index (χ0n) is 11.1. The zero-order chi connectivity index (χ0) is 14.0. The summed E-state index contributed by atoms with van der Waals surface area (Å²) in [4.78, 5) is 16.2. The second-order valence-electron chi connectivity index (χ2n) is 4.32. The summed E-state index contributed by atoms with van der Waals surface area (Å²) in [5.74, 6) is -0.223. The van der Waals surface area contributed by atoms with Crippen LogP contribution in [0.1, 0.15) is 28.5 Å². The monoisotopic (exact) mass is 278 g/mol. The molecule has 0 saturated carbocycles. The number of rotatable bonds is 3. The molecule has 2 aromatic heterocycles. The average Bonchev–Trinajstić information content (AvgIpc) is 2.75. The number of pyridine rings is 1. The predicted octanol–water partition coefficient (Wildman–Crippen LogP) is 2.59. The average molecular weight is 279 g/mol. The van der Waals surface area contributed by atoms with Crippen LogP contribution in [0.5, 0.6) is 0 Å². The summed E-state index contributed by atoms with van der Waals surface area (Å²) in [7, 11) is 1.79. The number of hydrogen-bond acceptors (Lipinski definition) is 3. The van der Waals surface area contributed by atoms with Crippen LogP contribution in [0.4, 0.5) is 5.69 Å². The Morgan fingerprint density at radius 3 is 2.95 bits per heavy atom. The maximum absolute atomic E-state index is 12.2. The van der Waals surface area contributed by atoms with E-state index in [9.17, 15) is 4.79 Å². The lowest BCUT2D eigenvalue weighted by molar-refractivity contribution is 0.102. The van der Waals surface area contributed by atoms with Gasteiger partial charge in [0.1, 0.15) is 0 Å². The third-order valence-electron chi connectivity index (χ3n) is 2.71. The van der Waals surface area contributed by atoms with Crippen molar-refractivity contribution in [3.05, 3.63) is 40.4 Å². The lowest BCUT2D eigenvalue weighted by atomic mass is 10.2. The normalized spacial score (nSPS) is 10.5. The molecule has 0 radical (unpaired) electrons. The SMILES string of the molecule is CCc1nn(C)cc1C(=O)Nc1cc(C)cnc1Cl. The van der Waals surface area contributed by atoms with Gasteiger partial charge in [-0.2, -0.15) is 5.10 Å². The van der Waals surface area contributed by atoms with Crippen LogP contribution in [0.15, 0.2) is 18.5 Å². The van der Waals surface area contributed by atoms with Crippen molar-refractivity contribution in [2.24, 2.45) is 7.05 Å². The van der Waals surface area contributed by atoms with Crippen LogP contribution in [0.25, 0.3) is 0 Å². The maximum Gasteiger partial charge on any atom is 0.259 e. The molecule has 0 saturated heterocycles. The number of anilines is 1. The number of amides is 1. The quantitative estimate of drug-likeness (QED) is 0.878. The van der Waals surface area contributed by atoms with Crippen LogP contribution in [-0.2, 0) is 13.5 Å². The molecule has 100 valence electrons. The highest BCUT2D eigenvalue weighted by atomic mass is 35.5. The minimum Gasteiger partial charge on any atom is -0.319 e. The Labute approximate surface area is 116 Å². The van der Waals surface area contributed by atoms with Crippen molar-refractivity contribution in [2.75, 3.05) is 5.32 Å². The third kappa shape index (κ3) is 2.93. The zero-order valence-corrected chi connectivity index (χ0v) is 11.8. The number of halogens is 1. The van der Waals surface area contributed by atoms with Gasteiger partial charge in [0.25, 0.3) is 5.91 Å². The molecule has 2 aromatic rings. The largest absolute Gasteiger partial charge is 0.319 e. The second-order valence-corrected chi connectivity index (χ2v) is 4.68. The fraction of sp³-hybridized carbons (Fsp3) is 0.308. The third-order valence-corrected chi connectivity index (χ3v) is 3.01. The van der Waals surface area contributed by atoms with E-state index in [-0.39, 0.29) is 11.1 Å². The molecule has 0 unspecified atom stereocenters. The molecule has 0 atom stereocenters. The van der Waals surface area contributed by atoms with Crippen LogP contribution in [0, 0.1) is 6.92 Å². The van der Waals surface area contributed by atoms with Gasteiger partial charge in [-0.05, 0) is 25.0 Å². The summed E-state index contributed by atoms with van der Waals surface area (Å²) in [6.45, 7) is 3.85. The topological polar surface area (TPSA) is 59.8 Å². The Kier molecular flexibility index (Phi) is 3.85. The van der Waals surface area contributed by atoms with Crippen LogP contribution in [-0.4, -0.2) is 20.7 Å². The first kappa shape index (κ1) is 13.5. The van der Waals surface area contributed by atoms with Crippen molar-refractivity contribution in [3.8, 4) is 0 Å². The Hall–Kier alpha value is -1.88. The molecule has 5 nitrogen and oxygen atoms in total. The van der Waals surface area contributed by atoms with Crippen molar-refractivity contribution in [1.82, 2.24) is 14.8 Å². The fourth-order valence-corrected chi connectivity index (χ4v) is 1.97. The summed E-state index contributed by atoms with van der Waals surface area (Å²) >= 11 is 5.96. The smallest absolute Gasteiger partial charge is 0.259 e. The van der Waals surface area contributed by atoms with Gasteiger partial charge in [-0.1, -0.05) is 18.5 Å². The highest BCUT2D eigenvalue weighted by molar-refractivity contribution is 6.32. The minimum absolute atomic E-state index is 0.223. The van der Waals surface area contributed by atoms with E-state index >= 15 is 0 Å². The van der Waals surface area contributed by atoms with Crippen LogP contribution in [0.3, 0.4) is 0 Å². The first-order valence-electron chi connectivity index (χ1n) is 5.97. The van der Waals surface area contributed by atoms with Crippen molar-refractivity contribution in [3.63, 3.8) is 0 Å². The highest BCUT2D eigenvalue weighted by Crippen LogP contribution is 2.21. The van der Waals surface area contributed by atoms with E-state index in [1.165, 1.54) is 0 Å². The molecule has 1 N–H and O–H groups in total. The summed E-state index contributed by atoms with van der Waals surface area (Å²) in [5.41, 5.74) is 2.76. The van der Waals surface area contributed by atoms with E-state index in [2.05, 4.69) is 15.4 Å². The first-order chi connectivity index (χ1) is 9.01. The molecule has 2 heterocycles. The Morgan fingerprint density at radius 1 is 1.53 bits per heavy atom. The van der Waals surface area contributed by atoms with E-state index in [4.69, 9.17) is 11.6 Å². The van der Waals surface area contributed by atoms with Gasteiger partial charge in [-0.15, -0.1) is 0 Å². The standard InChI is InChI=1S/C13H15ClN4O/c1-4-10-9(7-18(3)17-10)13(19)16-11-5-8(2)6-15-12(11)14/h5-7H,4H2,1-3H3,(H,16,19). The van der Waals surface area contributed by atoms with E-state index in [1.807, 2.05) is 13.8 Å². The van der Waals surface area contributed by atoms with Crippen molar-refractivity contribution in [1.29, 1.82) is 0 Å². The highest BCUT2D eigenvalue weighted by Gasteiger charge is 2.15. The molecule has 0 bridgehead atoms. The van der Waals surface area contributed by atoms with Crippen molar-refractivity contribution < 1.29 is 4.79 Å². The second kappa shape index (κ2) is 5.40. The van der Waals surface area contributed by atoms with Gasteiger partial charge in [-0.25, -0.2) is 4.98 Å². The van der Waals surface area contributed by atoms with E-state index in [0.29, 0.717) is 17.7 Å². The molecule has 0 aliphatic rings. The molecule has 1 amide bonds. The van der Waals surface area contributed by atoms with Crippen LogP contribution < -0.4 is 5.32 Å². The minimum atomic E-state index is -0.223. The number of nitrogens with one attached hydrogen (secondary N) is 1. The summed E-state index contributed by atoms with van der Waals surface area (Å²) in [6, 6.07) is 1.79. The molecule has 2 rings (SSSR count).